The number of morpholine rings is 1. The number of likely N-dealkylation sites (N-methyl/N-ethyl adjacent to an activating group) is 1. The molecule has 0 aromatic carbocycles. The maximum Gasteiger partial charge on any atom is 0.257 e. The van der Waals surface area contributed by atoms with Crippen molar-refractivity contribution in [3.05, 3.63) is 23.4 Å². The van der Waals surface area contributed by atoms with E-state index in [1.165, 1.54) is 19.3 Å². The van der Waals surface area contributed by atoms with Gasteiger partial charge in [-0.2, -0.15) is 4.98 Å². The largest absolute Gasteiger partial charge is 0.363 e. The van der Waals surface area contributed by atoms with Gasteiger partial charge in [0.15, 0.2) is 5.82 Å². The monoisotopic (exact) mass is 332 g/mol. The summed E-state index contributed by atoms with van der Waals surface area (Å²) >= 11 is 0. The van der Waals surface area contributed by atoms with Gasteiger partial charge in [0.25, 0.3) is 5.89 Å². The molecule has 0 bridgehead atoms. The Morgan fingerprint density at radius 1 is 1.17 bits per heavy atom. The fourth-order valence-electron chi connectivity index (χ4n) is 3.59. The Kier molecular flexibility index (Phi) is 4.32. The summed E-state index contributed by atoms with van der Waals surface area (Å²) in [7, 11) is 2.08. The average Bonchev–Trinajstić information content (AvgIpc) is 3.08. The molecule has 2 aliphatic rings. The lowest BCUT2D eigenvalue weighted by Crippen LogP contribution is -2.40. The Balaban J connectivity index is 1.49. The zero-order valence-corrected chi connectivity index (χ0v) is 14.3. The van der Waals surface area contributed by atoms with Gasteiger partial charge >= 0.3 is 0 Å². The molecule has 24 heavy (non-hydrogen) atoms. The minimum Gasteiger partial charge on any atom is -0.363 e. The molecule has 2 aromatic rings. The van der Waals surface area contributed by atoms with Gasteiger partial charge in [-0.3, -0.25) is 0 Å². The van der Waals surface area contributed by atoms with Crippen LogP contribution in [-0.4, -0.2) is 56.0 Å². The van der Waals surface area contributed by atoms with Gasteiger partial charge in [0.05, 0.1) is 12.5 Å². The zero-order valence-electron chi connectivity index (χ0n) is 14.3. The second kappa shape index (κ2) is 6.60. The lowest BCUT2D eigenvalue weighted by atomic mass is 10.2. The summed E-state index contributed by atoms with van der Waals surface area (Å²) in [6.07, 6.45) is 5.18. The first kappa shape index (κ1) is 15.7. The quantitative estimate of drug-likeness (QED) is 0.839. The van der Waals surface area contributed by atoms with Crippen molar-refractivity contribution < 1.29 is 9.26 Å². The van der Waals surface area contributed by atoms with Gasteiger partial charge in [0.2, 0.25) is 0 Å². The lowest BCUT2D eigenvalue weighted by molar-refractivity contribution is -0.0838. The molecule has 4 heterocycles. The van der Waals surface area contributed by atoms with Crippen LogP contribution in [0.3, 0.4) is 0 Å². The van der Waals surface area contributed by atoms with Crippen LogP contribution in [0.1, 0.15) is 55.7 Å². The molecule has 8 nitrogen and oxygen atoms in total. The first-order chi connectivity index (χ1) is 11.7. The number of aromatic nitrogens is 5. The van der Waals surface area contributed by atoms with E-state index in [9.17, 15) is 0 Å². The summed E-state index contributed by atoms with van der Waals surface area (Å²) in [4.78, 5) is 6.76. The van der Waals surface area contributed by atoms with Crippen LogP contribution in [-0.2, 0) is 24.1 Å². The van der Waals surface area contributed by atoms with E-state index >= 15 is 0 Å². The molecule has 2 atom stereocenters. The Hall–Kier alpha value is -1.80. The highest BCUT2D eigenvalue weighted by Gasteiger charge is 2.29. The molecule has 0 aliphatic carbocycles. The van der Waals surface area contributed by atoms with Crippen molar-refractivity contribution in [2.75, 3.05) is 20.1 Å². The fourth-order valence-corrected chi connectivity index (χ4v) is 3.59. The zero-order chi connectivity index (χ0) is 16.5. The van der Waals surface area contributed by atoms with E-state index < -0.39 is 0 Å². The highest BCUT2D eigenvalue weighted by atomic mass is 16.5. The molecule has 130 valence electrons. The topological polar surface area (TPSA) is 82.1 Å². The molecule has 0 amide bonds. The average molecular weight is 332 g/mol. The minimum absolute atomic E-state index is 0.157. The van der Waals surface area contributed by atoms with Crippen LogP contribution in [0.5, 0.6) is 0 Å². The van der Waals surface area contributed by atoms with Crippen molar-refractivity contribution in [2.45, 2.75) is 57.8 Å². The normalized spacial score (nSPS) is 25.4. The SMILES string of the molecule is C[C@@H]1CN(C)C[C@H](c2nc(Cc3nnc4n3CCCCC4)no2)O1. The minimum atomic E-state index is -0.157. The number of hydrogen-bond donors (Lipinski definition) is 0. The summed E-state index contributed by atoms with van der Waals surface area (Å²) in [5.74, 6) is 3.21. The van der Waals surface area contributed by atoms with E-state index in [2.05, 4.69) is 43.8 Å². The molecule has 1 saturated heterocycles. The van der Waals surface area contributed by atoms with E-state index in [0.29, 0.717) is 18.1 Å². The van der Waals surface area contributed by atoms with Gasteiger partial charge < -0.3 is 18.7 Å². The maximum absolute atomic E-state index is 5.93. The molecular formula is C16H24N6O2. The number of nitrogens with zero attached hydrogens (tertiary/aromatic N) is 6. The highest BCUT2D eigenvalue weighted by molar-refractivity contribution is 5.05. The molecular weight excluding hydrogens is 308 g/mol. The second-order valence-electron chi connectivity index (χ2n) is 6.88. The third-order valence-electron chi connectivity index (χ3n) is 4.70. The van der Waals surface area contributed by atoms with Crippen LogP contribution in [0, 0.1) is 0 Å². The van der Waals surface area contributed by atoms with Crippen LogP contribution >= 0.6 is 0 Å². The predicted octanol–water partition coefficient (Wildman–Crippen LogP) is 1.37. The summed E-state index contributed by atoms with van der Waals surface area (Å²) < 4.78 is 13.6. The first-order valence-electron chi connectivity index (χ1n) is 8.76. The Labute approximate surface area is 141 Å². The van der Waals surface area contributed by atoms with Crippen molar-refractivity contribution in [3.63, 3.8) is 0 Å². The molecule has 0 N–H and O–H groups in total. The maximum atomic E-state index is 5.93. The van der Waals surface area contributed by atoms with E-state index in [-0.39, 0.29) is 12.2 Å². The predicted molar refractivity (Wildman–Crippen MR) is 85.5 cm³/mol. The Bertz CT molecular complexity index is 687. The molecule has 0 radical (unpaired) electrons. The summed E-state index contributed by atoms with van der Waals surface area (Å²) in [5, 5.41) is 12.8. The molecule has 2 aromatic heterocycles. The van der Waals surface area contributed by atoms with Gasteiger partial charge in [0.1, 0.15) is 17.8 Å². The van der Waals surface area contributed by atoms with E-state index in [1.807, 2.05) is 0 Å². The van der Waals surface area contributed by atoms with Crippen LogP contribution in [0.2, 0.25) is 0 Å². The fraction of sp³-hybridized carbons (Fsp3) is 0.750. The van der Waals surface area contributed by atoms with Gasteiger partial charge in [0, 0.05) is 26.1 Å². The Morgan fingerprint density at radius 3 is 2.96 bits per heavy atom. The number of hydrogen-bond acceptors (Lipinski definition) is 7. The molecule has 2 aliphatic heterocycles. The first-order valence-corrected chi connectivity index (χ1v) is 8.76. The third kappa shape index (κ3) is 3.21. The number of ether oxygens (including phenoxy) is 1. The lowest BCUT2D eigenvalue weighted by Gasteiger charge is -2.32. The van der Waals surface area contributed by atoms with Crippen molar-refractivity contribution in [2.24, 2.45) is 0 Å². The summed E-state index contributed by atoms with van der Waals surface area (Å²) in [6, 6.07) is 0. The molecule has 0 spiro atoms. The third-order valence-corrected chi connectivity index (χ3v) is 4.70. The van der Waals surface area contributed by atoms with Crippen molar-refractivity contribution in [1.82, 2.24) is 29.8 Å². The van der Waals surface area contributed by atoms with E-state index in [1.54, 1.807) is 0 Å². The number of rotatable bonds is 3. The van der Waals surface area contributed by atoms with Gasteiger partial charge in [-0.05, 0) is 26.8 Å². The highest BCUT2D eigenvalue weighted by Crippen LogP contribution is 2.23. The smallest absolute Gasteiger partial charge is 0.257 e. The summed E-state index contributed by atoms with van der Waals surface area (Å²) in [5.41, 5.74) is 0. The van der Waals surface area contributed by atoms with E-state index in [4.69, 9.17) is 9.26 Å². The van der Waals surface area contributed by atoms with Gasteiger partial charge in [-0.15, -0.1) is 10.2 Å². The molecule has 0 unspecified atom stereocenters. The van der Waals surface area contributed by atoms with E-state index in [0.717, 1.165) is 37.7 Å². The van der Waals surface area contributed by atoms with Crippen LogP contribution in [0.4, 0.5) is 0 Å². The Morgan fingerprint density at radius 2 is 2.08 bits per heavy atom. The second-order valence-corrected chi connectivity index (χ2v) is 6.88. The van der Waals surface area contributed by atoms with Crippen molar-refractivity contribution in [1.29, 1.82) is 0 Å². The van der Waals surface area contributed by atoms with Crippen LogP contribution in [0.15, 0.2) is 4.52 Å². The van der Waals surface area contributed by atoms with Crippen molar-refractivity contribution >= 4 is 0 Å². The standard InChI is InChI=1S/C16H24N6O2/c1-11-9-21(2)10-12(23-11)16-17-13(20-24-16)8-15-19-18-14-6-4-3-5-7-22(14)15/h11-12H,3-10H2,1-2H3/t11-,12-/m1/s1. The molecule has 0 saturated carbocycles. The molecule has 8 heteroatoms. The number of fused-ring (bicyclic) bond motifs is 1. The molecule has 1 fully saturated rings. The van der Waals surface area contributed by atoms with Crippen LogP contribution < -0.4 is 0 Å². The van der Waals surface area contributed by atoms with Gasteiger partial charge in [-0.25, -0.2) is 0 Å². The summed E-state index contributed by atoms with van der Waals surface area (Å²) in [6.45, 7) is 4.73. The molecule has 4 rings (SSSR count). The van der Waals surface area contributed by atoms with Gasteiger partial charge in [-0.1, -0.05) is 11.6 Å². The van der Waals surface area contributed by atoms with Crippen LogP contribution in [0.25, 0.3) is 0 Å². The number of aryl methyl sites for hydroxylation is 1. The van der Waals surface area contributed by atoms with Crippen molar-refractivity contribution in [3.8, 4) is 0 Å².